The number of thiophene rings is 1. The molecule has 122 valence electrons. The van der Waals surface area contributed by atoms with Crippen LogP contribution < -0.4 is 0 Å². The number of hydrogen-bond acceptors (Lipinski definition) is 4. The monoisotopic (exact) mass is 375 g/mol. The van der Waals surface area contributed by atoms with Gasteiger partial charge in [0.2, 0.25) is 0 Å². The van der Waals surface area contributed by atoms with Crippen LogP contribution in [-0.2, 0) is 19.5 Å². The first-order valence-corrected chi connectivity index (χ1v) is 9.38. The Kier molecular flexibility index (Phi) is 4.55. The summed E-state index contributed by atoms with van der Waals surface area (Å²) in [5.41, 5.74) is 3.32. The van der Waals surface area contributed by atoms with Crippen molar-refractivity contribution < 1.29 is 0 Å². The second kappa shape index (κ2) is 6.81. The molecule has 3 heterocycles. The van der Waals surface area contributed by atoms with E-state index in [4.69, 9.17) is 28.2 Å². The Morgan fingerprint density at radius 3 is 2.71 bits per heavy atom. The average Bonchev–Trinajstić information content (AvgIpc) is 3.12. The van der Waals surface area contributed by atoms with E-state index in [0.717, 1.165) is 58.1 Å². The van der Waals surface area contributed by atoms with Crippen molar-refractivity contribution in [2.75, 3.05) is 6.54 Å². The third-order valence-electron chi connectivity index (χ3n) is 4.20. The highest BCUT2D eigenvalue weighted by atomic mass is 35.5. The lowest BCUT2D eigenvalue weighted by Crippen LogP contribution is -2.31. The normalized spacial score (nSPS) is 14.6. The summed E-state index contributed by atoms with van der Waals surface area (Å²) in [5, 5.41) is 3.49. The molecule has 0 aliphatic carbocycles. The van der Waals surface area contributed by atoms with Gasteiger partial charge in [-0.05, 0) is 23.6 Å². The maximum atomic E-state index is 6.29. The summed E-state index contributed by atoms with van der Waals surface area (Å²) in [4.78, 5) is 12.7. The van der Waals surface area contributed by atoms with Gasteiger partial charge in [-0.3, -0.25) is 4.90 Å². The summed E-state index contributed by atoms with van der Waals surface area (Å²) < 4.78 is 0. The highest BCUT2D eigenvalue weighted by Gasteiger charge is 2.20. The summed E-state index contributed by atoms with van der Waals surface area (Å²) in [6.45, 7) is 2.50. The van der Waals surface area contributed by atoms with Crippen LogP contribution in [0.5, 0.6) is 0 Å². The fourth-order valence-electron chi connectivity index (χ4n) is 2.94. The lowest BCUT2D eigenvalue weighted by molar-refractivity contribution is 0.243. The largest absolute Gasteiger partial charge is 0.294 e. The van der Waals surface area contributed by atoms with Crippen LogP contribution >= 0.6 is 34.5 Å². The van der Waals surface area contributed by atoms with Crippen molar-refractivity contribution in [3.63, 3.8) is 0 Å². The Labute approximate surface area is 154 Å². The Balaban J connectivity index is 1.54. The lowest BCUT2D eigenvalue weighted by atomic mass is 10.1. The molecule has 0 N–H and O–H groups in total. The molecule has 2 aromatic heterocycles. The SMILES string of the molecule is Clc1cccc(Cl)c1CN1CCc2nc(-c3cccs3)ncc2C1. The van der Waals surface area contributed by atoms with Gasteiger partial charge in [0.05, 0.1) is 10.6 Å². The molecule has 3 aromatic rings. The van der Waals surface area contributed by atoms with Crippen LogP contribution in [0.15, 0.2) is 41.9 Å². The standard InChI is InChI=1S/C18H15Cl2N3S/c19-14-3-1-4-15(20)13(14)11-23-7-6-16-12(10-23)9-21-18(22-16)17-5-2-8-24-17/h1-5,8-9H,6-7,10-11H2. The van der Waals surface area contributed by atoms with E-state index in [9.17, 15) is 0 Å². The molecule has 0 bridgehead atoms. The maximum absolute atomic E-state index is 6.29. The van der Waals surface area contributed by atoms with Crippen LogP contribution in [0.1, 0.15) is 16.8 Å². The Morgan fingerprint density at radius 1 is 1.12 bits per heavy atom. The molecule has 1 aliphatic heterocycles. The molecule has 24 heavy (non-hydrogen) atoms. The number of hydrogen-bond donors (Lipinski definition) is 0. The molecule has 0 saturated carbocycles. The molecule has 1 aliphatic rings. The minimum absolute atomic E-state index is 0.720. The van der Waals surface area contributed by atoms with Crippen molar-refractivity contribution >= 4 is 34.5 Å². The molecule has 0 radical (unpaired) electrons. The minimum Gasteiger partial charge on any atom is -0.294 e. The highest BCUT2D eigenvalue weighted by Crippen LogP contribution is 2.28. The molecule has 3 nitrogen and oxygen atoms in total. The summed E-state index contributed by atoms with van der Waals surface area (Å²) in [6.07, 6.45) is 2.87. The minimum atomic E-state index is 0.720. The molecular formula is C18H15Cl2N3S. The topological polar surface area (TPSA) is 29.0 Å². The first-order valence-electron chi connectivity index (χ1n) is 7.74. The van der Waals surface area contributed by atoms with Gasteiger partial charge in [0.15, 0.2) is 5.82 Å². The molecule has 0 unspecified atom stereocenters. The number of halogens is 2. The predicted molar refractivity (Wildman–Crippen MR) is 99.6 cm³/mol. The zero-order valence-corrected chi connectivity index (χ0v) is 15.2. The van der Waals surface area contributed by atoms with E-state index >= 15 is 0 Å². The van der Waals surface area contributed by atoms with Gasteiger partial charge in [-0.2, -0.15) is 0 Å². The number of aromatic nitrogens is 2. The molecule has 0 fully saturated rings. The van der Waals surface area contributed by atoms with E-state index in [1.54, 1.807) is 11.3 Å². The third kappa shape index (κ3) is 3.20. The zero-order chi connectivity index (χ0) is 16.5. The van der Waals surface area contributed by atoms with E-state index in [1.807, 2.05) is 35.8 Å². The molecule has 0 spiro atoms. The van der Waals surface area contributed by atoms with Gasteiger partial charge in [-0.15, -0.1) is 11.3 Å². The first-order chi connectivity index (χ1) is 11.7. The van der Waals surface area contributed by atoms with E-state index in [2.05, 4.69) is 16.0 Å². The Hall–Kier alpha value is -1.46. The molecule has 0 atom stereocenters. The van der Waals surface area contributed by atoms with Crippen molar-refractivity contribution in [1.29, 1.82) is 0 Å². The van der Waals surface area contributed by atoms with Gasteiger partial charge in [-0.1, -0.05) is 35.3 Å². The van der Waals surface area contributed by atoms with Crippen LogP contribution in [0.3, 0.4) is 0 Å². The van der Waals surface area contributed by atoms with Crippen molar-refractivity contribution in [3.05, 3.63) is 68.8 Å². The Bertz CT molecular complexity index is 844. The second-order valence-corrected chi connectivity index (χ2v) is 7.57. The van der Waals surface area contributed by atoms with E-state index < -0.39 is 0 Å². The average molecular weight is 376 g/mol. The molecule has 0 saturated heterocycles. The zero-order valence-electron chi connectivity index (χ0n) is 12.9. The maximum Gasteiger partial charge on any atom is 0.169 e. The number of nitrogens with zero attached hydrogens (tertiary/aromatic N) is 3. The van der Waals surface area contributed by atoms with Gasteiger partial charge in [0, 0.05) is 53.4 Å². The van der Waals surface area contributed by atoms with Crippen molar-refractivity contribution in [3.8, 4) is 10.7 Å². The summed E-state index contributed by atoms with van der Waals surface area (Å²) in [7, 11) is 0. The van der Waals surface area contributed by atoms with Crippen molar-refractivity contribution in [1.82, 2.24) is 14.9 Å². The van der Waals surface area contributed by atoms with Crippen molar-refractivity contribution in [2.24, 2.45) is 0 Å². The van der Waals surface area contributed by atoms with Gasteiger partial charge >= 0.3 is 0 Å². The molecule has 4 rings (SSSR count). The molecule has 6 heteroatoms. The predicted octanol–water partition coefficient (Wildman–Crippen LogP) is 5.07. The lowest BCUT2D eigenvalue weighted by Gasteiger charge is -2.28. The van der Waals surface area contributed by atoms with Crippen LogP contribution in [0.25, 0.3) is 10.7 Å². The highest BCUT2D eigenvalue weighted by molar-refractivity contribution is 7.13. The molecule has 0 amide bonds. The van der Waals surface area contributed by atoms with E-state index in [1.165, 1.54) is 5.56 Å². The van der Waals surface area contributed by atoms with Crippen LogP contribution in [-0.4, -0.2) is 21.4 Å². The van der Waals surface area contributed by atoms with Gasteiger partial charge < -0.3 is 0 Å². The summed E-state index contributed by atoms with van der Waals surface area (Å²) in [5.74, 6) is 0.825. The quantitative estimate of drug-likeness (QED) is 0.639. The number of benzene rings is 1. The second-order valence-electron chi connectivity index (χ2n) is 5.80. The summed E-state index contributed by atoms with van der Waals surface area (Å²) >= 11 is 14.3. The van der Waals surface area contributed by atoms with Gasteiger partial charge in [0.25, 0.3) is 0 Å². The van der Waals surface area contributed by atoms with Gasteiger partial charge in [-0.25, -0.2) is 9.97 Å². The first kappa shape index (κ1) is 16.0. The Morgan fingerprint density at radius 2 is 1.96 bits per heavy atom. The van der Waals surface area contributed by atoms with Crippen LogP contribution in [0.4, 0.5) is 0 Å². The smallest absolute Gasteiger partial charge is 0.169 e. The molecular weight excluding hydrogens is 361 g/mol. The third-order valence-corrected chi connectivity index (χ3v) is 5.77. The van der Waals surface area contributed by atoms with Crippen molar-refractivity contribution in [2.45, 2.75) is 19.5 Å². The number of rotatable bonds is 3. The van der Waals surface area contributed by atoms with Crippen LogP contribution in [0.2, 0.25) is 10.0 Å². The van der Waals surface area contributed by atoms with Crippen LogP contribution in [0, 0.1) is 0 Å². The summed E-state index contributed by atoms with van der Waals surface area (Å²) in [6, 6.07) is 9.73. The fourth-order valence-corrected chi connectivity index (χ4v) is 4.12. The number of fused-ring (bicyclic) bond motifs is 1. The molecule has 1 aromatic carbocycles. The fraction of sp³-hybridized carbons (Fsp3) is 0.222. The van der Waals surface area contributed by atoms with E-state index in [-0.39, 0.29) is 0 Å². The van der Waals surface area contributed by atoms with Gasteiger partial charge in [0.1, 0.15) is 0 Å². The van der Waals surface area contributed by atoms with E-state index in [0.29, 0.717) is 0 Å².